The second-order valence-corrected chi connectivity index (χ2v) is 4.74. The minimum Gasteiger partial charge on any atom is -0.395 e. The molecule has 0 fully saturated rings. The van der Waals surface area contributed by atoms with Crippen LogP contribution < -0.4 is 10.6 Å². The molecule has 3 rings (SSSR count). The summed E-state index contributed by atoms with van der Waals surface area (Å²) in [6.07, 6.45) is 0. The van der Waals surface area contributed by atoms with Crippen LogP contribution >= 0.6 is 0 Å². The number of carbonyl (C=O) groups excluding carboxylic acids is 1. The normalized spacial score (nSPS) is 16.9. The highest BCUT2D eigenvalue weighted by atomic mass is 16.3. The second-order valence-electron chi connectivity index (χ2n) is 4.74. The number of nitrogens with one attached hydrogen (secondary N) is 2. The van der Waals surface area contributed by atoms with Crippen molar-refractivity contribution in [3.63, 3.8) is 0 Å². The molecule has 102 valence electrons. The number of benzene rings is 2. The van der Waals surface area contributed by atoms with Crippen molar-refractivity contribution in [2.45, 2.75) is 6.04 Å². The monoisotopic (exact) mass is 268 g/mol. The second kappa shape index (κ2) is 5.45. The quantitative estimate of drug-likeness (QED) is 0.797. The zero-order chi connectivity index (χ0) is 13.9. The molecule has 3 N–H and O–H groups in total. The van der Waals surface area contributed by atoms with E-state index in [0.717, 1.165) is 16.8 Å². The number of rotatable bonds is 3. The van der Waals surface area contributed by atoms with Crippen molar-refractivity contribution >= 4 is 11.6 Å². The number of amides is 1. The molecule has 1 unspecified atom stereocenters. The summed E-state index contributed by atoms with van der Waals surface area (Å²) >= 11 is 0. The summed E-state index contributed by atoms with van der Waals surface area (Å²) in [6, 6.07) is 15.2. The molecule has 1 aliphatic heterocycles. The summed E-state index contributed by atoms with van der Waals surface area (Å²) in [5.74, 6) is -0.0960. The zero-order valence-corrected chi connectivity index (χ0v) is 11.0. The van der Waals surface area contributed by atoms with E-state index in [2.05, 4.69) is 10.6 Å². The van der Waals surface area contributed by atoms with Crippen LogP contribution in [-0.4, -0.2) is 24.2 Å². The molecule has 4 heteroatoms. The Kier molecular flexibility index (Phi) is 3.50. The summed E-state index contributed by atoms with van der Waals surface area (Å²) in [5.41, 5.74) is 3.42. The lowest BCUT2D eigenvalue weighted by Crippen LogP contribution is -2.26. The first kappa shape index (κ1) is 12.8. The first-order valence-corrected chi connectivity index (χ1v) is 6.64. The van der Waals surface area contributed by atoms with Crippen LogP contribution in [0, 0.1) is 0 Å². The number of para-hydroxylation sites is 1. The Bertz CT molecular complexity index is 640. The smallest absolute Gasteiger partial charge is 0.256 e. The maximum absolute atomic E-state index is 12.3. The number of hydrogen-bond acceptors (Lipinski definition) is 3. The number of fused-ring (bicyclic) bond motifs is 2. The van der Waals surface area contributed by atoms with Crippen LogP contribution in [0.1, 0.15) is 27.5 Å². The molecule has 0 aliphatic carbocycles. The standard InChI is InChI=1S/C16H16N2O2/c19-10-9-17-15-11-5-1-2-6-12(11)16(20)18-14-8-4-3-7-13(14)15/h1-8,15,17,19H,9-10H2,(H,18,20). The SMILES string of the molecule is O=C1Nc2ccccc2C(NCCO)c2ccccc21. The van der Waals surface area contributed by atoms with Crippen molar-refractivity contribution in [2.75, 3.05) is 18.5 Å². The van der Waals surface area contributed by atoms with E-state index in [1.165, 1.54) is 0 Å². The van der Waals surface area contributed by atoms with Gasteiger partial charge in [-0.1, -0.05) is 36.4 Å². The lowest BCUT2D eigenvalue weighted by molar-refractivity contribution is 0.102. The summed E-state index contributed by atoms with van der Waals surface area (Å²) in [5, 5.41) is 15.3. The van der Waals surface area contributed by atoms with Crippen molar-refractivity contribution in [1.82, 2.24) is 5.32 Å². The first-order chi connectivity index (χ1) is 9.81. The molecule has 0 aromatic heterocycles. The predicted molar refractivity (Wildman–Crippen MR) is 77.8 cm³/mol. The van der Waals surface area contributed by atoms with E-state index in [1.54, 1.807) is 0 Å². The van der Waals surface area contributed by atoms with Crippen LogP contribution in [0.15, 0.2) is 48.5 Å². The third kappa shape index (κ3) is 2.19. The summed E-state index contributed by atoms with van der Waals surface area (Å²) in [4.78, 5) is 12.3. The number of aliphatic hydroxyl groups is 1. The van der Waals surface area contributed by atoms with Crippen molar-refractivity contribution in [1.29, 1.82) is 0 Å². The number of aliphatic hydroxyl groups excluding tert-OH is 1. The molecule has 20 heavy (non-hydrogen) atoms. The van der Waals surface area contributed by atoms with E-state index >= 15 is 0 Å². The Morgan fingerprint density at radius 3 is 2.55 bits per heavy atom. The highest BCUT2D eigenvalue weighted by Crippen LogP contribution is 2.33. The molecule has 1 atom stereocenters. The fraction of sp³-hybridized carbons (Fsp3) is 0.188. The van der Waals surface area contributed by atoms with Gasteiger partial charge in [0.2, 0.25) is 0 Å². The van der Waals surface area contributed by atoms with Crippen molar-refractivity contribution in [2.24, 2.45) is 0 Å². The van der Waals surface area contributed by atoms with Crippen LogP contribution in [0.5, 0.6) is 0 Å². The highest BCUT2D eigenvalue weighted by molar-refractivity contribution is 6.07. The van der Waals surface area contributed by atoms with Gasteiger partial charge in [-0.15, -0.1) is 0 Å². The van der Waals surface area contributed by atoms with Gasteiger partial charge in [0.15, 0.2) is 0 Å². The molecule has 0 bridgehead atoms. The van der Waals surface area contributed by atoms with Crippen LogP contribution in [0.4, 0.5) is 5.69 Å². The molecule has 1 aliphatic rings. The molecule has 4 nitrogen and oxygen atoms in total. The largest absolute Gasteiger partial charge is 0.395 e. The van der Waals surface area contributed by atoms with E-state index in [4.69, 9.17) is 5.11 Å². The topological polar surface area (TPSA) is 61.4 Å². The van der Waals surface area contributed by atoms with Gasteiger partial charge in [0.25, 0.3) is 5.91 Å². The predicted octanol–water partition coefficient (Wildman–Crippen LogP) is 1.92. The fourth-order valence-electron chi connectivity index (χ4n) is 2.60. The molecular weight excluding hydrogens is 252 g/mol. The Morgan fingerprint density at radius 1 is 1.05 bits per heavy atom. The summed E-state index contributed by atoms with van der Waals surface area (Å²) < 4.78 is 0. The van der Waals surface area contributed by atoms with Gasteiger partial charge in [-0.2, -0.15) is 0 Å². The summed E-state index contributed by atoms with van der Waals surface area (Å²) in [7, 11) is 0. The van der Waals surface area contributed by atoms with Crippen molar-refractivity contribution in [3.05, 3.63) is 65.2 Å². The zero-order valence-electron chi connectivity index (χ0n) is 11.0. The Balaban J connectivity index is 2.15. The molecule has 0 radical (unpaired) electrons. The molecular formula is C16H16N2O2. The third-order valence-corrected chi connectivity index (χ3v) is 3.50. The van der Waals surface area contributed by atoms with Crippen LogP contribution in [-0.2, 0) is 0 Å². The van der Waals surface area contributed by atoms with Crippen molar-refractivity contribution in [3.8, 4) is 0 Å². The molecule has 2 aromatic rings. The molecule has 0 spiro atoms. The fourth-order valence-corrected chi connectivity index (χ4v) is 2.60. The maximum atomic E-state index is 12.3. The van der Waals surface area contributed by atoms with Gasteiger partial charge in [-0.25, -0.2) is 0 Å². The van der Waals surface area contributed by atoms with Crippen molar-refractivity contribution < 1.29 is 9.90 Å². The highest BCUT2D eigenvalue weighted by Gasteiger charge is 2.26. The van der Waals surface area contributed by atoms with Gasteiger partial charge in [0.1, 0.15) is 0 Å². The van der Waals surface area contributed by atoms with Gasteiger partial charge in [0, 0.05) is 17.8 Å². The van der Waals surface area contributed by atoms with Crippen LogP contribution in [0.2, 0.25) is 0 Å². The number of carbonyl (C=O) groups is 1. The minimum atomic E-state index is -0.103. The Hall–Kier alpha value is -2.17. The Morgan fingerprint density at radius 2 is 1.75 bits per heavy atom. The average molecular weight is 268 g/mol. The minimum absolute atomic E-state index is 0.0577. The van der Waals surface area contributed by atoms with Gasteiger partial charge in [0.05, 0.1) is 12.6 Å². The van der Waals surface area contributed by atoms with E-state index < -0.39 is 0 Å². The number of hydrogen-bond donors (Lipinski definition) is 3. The van der Waals surface area contributed by atoms with E-state index in [0.29, 0.717) is 12.1 Å². The van der Waals surface area contributed by atoms with E-state index in [-0.39, 0.29) is 18.6 Å². The van der Waals surface area contributed by atoms with Gasteiger partial charge in [-0.3, -0.25) is 4.79 Å². The maximum Gasteiger partial charge on any atom is 0.256 e. The molecule has 1 amide bonds. The van der Waals surface area contributed by atoms with Gasteiger partial charge >= 0.3 is 0 Å². The van der Waals surface area contributed by atoms with Crippen LogP contribution in [0.25, 0.3) is 0 Å². The lowest BCUT2D eigenvalue weighted by atomic mass is 9.95. The van der Waals surface area contributed by atoms with Gasteiger partial charge in [-0.05, 0) is 23.3 Å². The summed E-state index contributed by atoms with van der Waals surface area (Å²) in [6.45, 7) is 0.531. The molecule has 0 saturated heterocycles. The average Bonchev–Trinajstić information content (AvgIpc) is 2.60. The third-order valence-electron chi connectivity index (χ3n) is 3.50. The first-order valence-electron chi connectivity index (χ1n) is 6.64. The molecule has 0 saturated carbocycles. The van der Waals surface area contributed by atoms with E-state index in [9.17, 15) is 4.79 Å². The Labute approximate surface area is 117 Å². The van der Waals surface area contributed by atoms with Gasteiger partial charge < -0.3 is 15.7 Å². The molecule has 1 heterocycles. The van der Waals surface area contributed by atoms with E-state index in [1.807, 2.05) is 48.5 Å². The lowest BCUT2D eigenvalue weighted by Gasteiger charge is -2.20. The van der Waals surface area contributed by atoms with Crippen LogP contribution in [0.3, 0.4) is 0 Å². The molecule has 2 aromatic carbocycles. The number of anilines is 1.